The number of fused-ring (bicyclic) bond motifs is 1. The second-order valence-electron chi connectivity index (χ2n) is 7.92. The molecule has 0 saturated carbocycles. The molecule has 0 aliphatic carbocycles. The lowest BCUT2D eigenvalue weighted by atomic mass is 10.2. The lowest BCUT2D eigenvalue weighted by Gasteiger charge is -2.22. The van der Waals surface area contributed by atoms with Crippen molar-refractivity contribution in [3.8, 4) is 17.1 Å². The predicted molar refractivity (Wildman–Crippen MR) is 118 cm³/mol. The highest BCUT2D eigenvalue weighted by Crippen LogP contribution is 2.32. The average molecular weight is 450 g/mol. The van der Waals surface area contributed by atoms with E-state index in [1.807, 2.05) is 35.8 Å². The Kier molecular flexibility index (Phi) is 5.21. The number of rotatable bonds is 5. The molecule has 1 aromatic carbocycles. The number of benzene rings is 1. The summed E-state index contributed by atoms with van der Waals surface area (Å²) < 4.78 is 30.5. The molecule has 8 nitrogen and oxygen atoms in total. The van der Waals surface area contributed by atoms with Crippen LogP contribution in [0.15, 0.2) is 48.9 Å². The monoisotopic (exact) mass is 450 g/mol. The van der Waals surface area contributed by atoms with Crippen LogP contribution in [0.25, 0.3) is 28.1 Å². The van der Waals surface area contributed by atoms with Crippen LogP contribution in [0.2, 0.25) is 0 Å². The van der Waals surface area contributed by atoms with Gasteiger partial charge in [0.25, 0.3) is 0 Å². The number of halogens is 2. The van der Waals surface area contributed by atoms with Crippen molar-refractivity contribution < 1.29 is 18.7 Å². The van der Waals surface area contributed by atoms with Gasteiger partial charge in [0.05, 0.1) is 12.4 Å². The molecule has 4 heterocycles. The van der Waals surface area contributed by atoms with Crippen molar-refractivity contribution in [2.24, 2.45) is 0 Å². The zero-order valence-electron chi connectivity index (χ0n) is 17.7. The molecule has 1 aliphatic heterocycles. The Morgan fingerprint density at radius 1 is 1.21 bits per heavy atom. The highest BCUT2D eigenvalue weighted by atomic mass is 19.1. The summed E-state index contributed by atoms with van der Waals surface area (Å²) in [7, 11) is 0. The van der Waals surface area contributed by atoms with E-state index in [4.69, 9.17) is 0 Å². The van der Waals surface area contributed by atoms with Crippen LogP contribution >= 0.6 is 0 Å². The number of pyridine rings is 1. The fraction of sp³-hybridized carbons (Fsp3) is 0.217. The number of carboxylic acid groups (broad SMARTS) is 1. The maximum atomic E-state index is 14.5. The van der Waals surface area contributed by atoms with Crippen LogP contribution in [0.4, 0.5) is 14.6 Å². The van der Waals surface area contributed by atoms with Gasteiger partial charge in [-0.3, -0.25) is 10.2 Å². The van der Waals surface area contributed by atoms with Gasteiger partial charge in [-0.25, -0.2) is 28.7 Å². The van der Waals surface area contributed by atoms with E-state index < -0.39 is 23.6 Å². The summed E-state index contributed by atoms with van der Waals surface area (Å²) in [6.07, 6.45) is 5.01. The van der Waals surface area contributed by atoms with Crippen LogP contribution in [0.1, 0.15) is 18.4 Å². The Morgan fingerprint density at radius 2 is 2.03 bits per heavy atom. The van der Waals surface area contributed by atoms with Crippen LogP contribution in [0.5, 0.6) is 0 Å². The Bertz CT molecular complexity index is 1370. The Labute approximate surface area is 187 Å². The molecule has 1 fully saturated rings. The summed E-state index contributed by atoms with van der Waals surface area (Å²) in [4.78, 5) is 24.2. The molecule has 1 aliphatic rings. The summed E-state index contributed by atoms with van der Waals surface area (Å²) in [6, 6.07) is 8.25. The number of carbonyl (C=O) groups is 1. The van der Waals surface area contributed by atoms with E-state index in [1.54, 1.807) is 6.20 Å². The van der Waals surface area contributed by atoms with Gasteiger partial charge >= 0.3 is 5.97 Å². The maximum Gasteiger partial charge on any atom is 0.322 e. The van der Waals surface area contributed by atoms with Gasteiger partial charge in [0.1, 0.15) is 17.5 Å². The van der Waals surface area contributed by atoms with Gasteiger partial charge in [-0.2, -0.15) is 0 Å². The first kappa shape index (κ1) is 21.0. The number of nitrogens with one attached hydrogen (secondary N) is 1. The first-order valence-electron chi connectivity index (χ1n) is 10.4. The third-order valence-corrected chi connectivity index (χ3v) is 5.76. The van der Waals surface area contributed by atoms with E-state index in [0.29, 0.717) is 36.0 Å². The number of hydrogen-bond donors (Lipinski definition) is 2. The second kappa shape index (κ2) is 8.21. The first-order valence-corrected chi connectivity index (χ1v) is 10.4. The second-order valence-corrected chi connectivity index (χ2v) is 7.92. The van der Waals surface area contributed by atoms with Gasteiger partial charge < -0.3 is 9.67 Å². The van der Waals surface area contributed by atoms with Crippen molar-refractivity contribution in [1.82, 2.24) is 24.5 Å². The van der Waals surface area contributed by atoms with Gasteiger partial charge in [-0.15, -0.1) is 0 Å². The van der Waals surface area contributed by atoms with E-state index in [-0.39, 0.29) is 11.6 Å². The molecule has 0 spiro atoms. The molecule has 4 aromatic rings. The number of aromatic nitrogens is 4. The van der Waals surface area contributed by atoms with Gasteiger partial charge in [0.2, 0.25) is 0 Å². The quantitative estimate of drug-likeness (QED) is 0.475. The SMILES string of the molecule is Cc1ccccc1-n1cc(-c2ncc(F)c(NN3CCC[C@H]3C(=O)O)n2)c2cc(F)cnc21. The summed E-state index contributed by atoms with van der Waals surface area (Å²) in [6.45, 7) is 2.40. The number of carboxylic acids is 1. The molecule has 0 bridgehead atoms. The molecule has 0 unspecified atom stereocenters. The van der Waals surface area contributed by atoms with E-state index in [1.165, 1.54) is 11.1 Å². The topological polar surface area (TPSA) is 96.2 Å². The third kappa shape index (κ3) is 3.78. The summed E-state index contributed by atoms with van der Waals surface area (Å²) in [5.74, 6) is -2.21. The summed E-state index contributed by atoms with van der Waals surface area (Å²) >= 11 is 0. The lowest BCUT2D eigenvalue weighted by Crippen LogP contribution is -2.40. The largest absolute Gasteiger partial charge is 0.480 e. The molecule has 33 heavy (non-hydrogen) atoms. The van der Waals surface area contributed by atoms with Gasteiger partial charge in [0.15, 0.2) is 17.5 Å². The van der Waals surface area contributed by atoms with Crippen LogP contribution in [-0.4, -0.2) is 48.2 Å². The van der Waals surface area contributed by atoms with Gasteiger partial charge in [-0.05, 0) is 37.5 Å². The third-order valence-electron chi connectivity index (χ3n) is 5.76. The Morgan fingerprint density at radius 3 is 2.82 bits per heavy atom. The van der Waals surface area contributed by atoms with E-state index in [2.05, 4.69) is 20.4 Å². The van der Waals surface area contributed by atoms with Crippen molar-refractivity contribution in [1.29, 1.82) is 0 Å². The highest BCUT2D eigenvalue weighted by Gasteiger charge is 2.31. The Balaban J connectivity index is 1.61. The van der Waals surface area contributed by atoms with Gasteiger partial charge in [0, 0.05) is 29.4 Å². The molecule has 0 radical (unpaired) electrons. The zero-order valence-corrected chi connectivity index (χ0v) is 17.7. The smallest absolute Gasteiger partial charge is 0.322 e. The molecular formula is C23H20F2N6O2. The van der Waals surface area contributed by atoms with E-state index >= 15 is 0 Å². The first-order chi connectivity index (χ1) is 15.9. The Hall–Kier alpha value is -3.92. The molecular weight excluding hydrogens is 430 g/mol. The van der Waals surface area contributed by atoms with Crippen LogP contribution < -0.4 is 5.43 Å². The number of aliphatic carboxylic acids is 1. The maximum absolute atomic E-state index is 14.5. The normalized spacial score (nSPS) is 16.4. The van der Waals surface area contributed by atoms with Crippen LogP contribution in [-0.2, 0) is 4.79 Å². The molecule has 3 aromatic heterocycles. The molecule has 0 amide bonds. The molecule has 5 rings (SSSR count). The van der Waals surface area contributed by atoms with Crippen molar-refractivity contribution in [2.75, 3.05) is 12.0 Å². The summed E-state index contributed by atoms with van der Waals surface area (Å²) in [5.41, 5.74) is 5.61. The number of aryl methyl sites for hydroxylation is 1. The van der Waals surface area contributed by atoms with Crippen molar-refractivity contribution >= 4 is 22.8 Å². The number of nitrogens with zero attached hydrogens (tertiary/aromatic N) is 5. The van der Waals surface area contributed by atoms with Crippen molar-refractivity contribution in [3.63, 3.8) is 0 Å². The standard InChI is InChI=1S/C23H20F2N6O2/c1-13-5-2-3-6-18(13)30-12-16(15-9-14(24)10-27-22(15)30)20-26-11-17(25)21(28-20)29-31-8-4-7-19(31)23(32)33/h2-3,5-6,9-12,19H,4,7-8H2,1H3,(H,32,33)(H,26,28,29)/t19-/m0/s1. The summed E-state index contributed by atoms with van der Waals surface area (Å²) in [5, 5.41) is 11.3. The van der Waals surface area contributed by atoms with Crippen molar-refractivity contribution in [2.45, 2.75) is 25.8 Å². The fourth-order valence-electron chi connectivity index (χ4n) is 4.15. The molecule has 2 N–H and O–H groups in total. The van der Waals surface area contributed by atoms with Gasteiger partial charge in [-0.1, -0.05) is 18.2 Å². The molecule has 168 valence electrons. The number of anilines is 1. The lowest BCUT2D eigenvalue weighted by molar-refractivity contribution is -0.141. The van der Waals surface area contributed by atoms with Crippen LogP contribution in [0.3, 0.4) is 0 Å². The van der Waals surface area contributed by atoms with E-state index in [9.17, 15) is 18.7 Å². The minimum atomic E-state index is -0.988. The fourth-order valence-corrected chi connectivity index (χ4v) is 4.15. The molecule has 1 atom stereocenters. The number of hydrazine groups is 1. The average Bonchev–Trinajstić information content (AvgIpc) is 3.40. The van der Waals surface area contributed by atoms with Crippen LogP contribution in [0, 0.1) is 18.6 Å². The number of hydrogen-bond acceptors (Lipinski definition) is 6. The molecule has 10 heteroatoms. The zero-order chi connectivity index (χ0) is 23.1. The molecule has 1 saturated heterocycles. The highest BCUT2D eigenvalue weighted by molar-refractivity contribution is 5.93. The minimum absolute atomic E-state index is 0.144. The van der Waals surface area contributed by atoms with E-state index in [0.717, 1.165) is 23.6 Å². The minimum Gasteiger partial charge on any atom is -0.480 e. The predicted octanol–water partition coefficient (Wildman–Crippen LogP) is 3.95. The number of para-hydroxylation sites is 1. The van der Waals surface area contributed by atoms with Crippen molar-refractivity contribution in [3.05, 3.63) is 66.1 Å².